The Morgan fingerprint density at radius 3 is 3.19 bits per heavy atom. The van der Waals surface area contributed by atoms with Crippen LogP contribution in [0.4, 0.5) is 0 Å². The van der Waals surface area contributed by atoms with Crippen LogP contribution in [0.5, 0.6) is 0 Å². The number of thiazole rings is 1. The standard InChI is InChI=1S/C15H14N4OS/c20-14(10-3-4-12-13(5-10)18-8-17-12)16-6-11-7-21-15(19-11)9-1-2-9/h3-5,7-9H,1-2,6H2,(H,16,20)(H,17,18). The Balaban J connectivity index is 1.44. The molecule has 0 atom stereocenters. The van der Waals surface area contributed by atoms with Gasteiger partial charge in [0.05, 0.1) is 34.6 Å². The normalized spacial score (nSPS) is 14.5. The lowest BCUT2D eigenvalue weighted by Crippen LogP contribution is -2.22. The minimum absolute atomic E-state index is 0.0903. The SMILES string of the molecule is O=C(NCc1csc(C2CC2)n1)c1ccc2nc[nH]c2c1. The van der Waals surface area contributed by atoms with Gasteiger partial charge in [0, 0.05) is 16.9 Å². The summed E-state index contributed by atoms with van der Waals surface area (Å²) in [6.07, 6.45) is 4.13. The minimum atomic E-state index is -0.0903. The average molecular weight is 298 g/mol. The molecule has 1 aliphatic rings. The number of aromatic amines is 1. The quantitative estimate of drug-likeness (QED) is 0.778. The van der Waals surface area contributed by atoms with Crippen LogP contribution in [0.25, 0.3) is 11.0 Å². The molecule has 0 bridgehead atoms. The highest BCUT2D eigenvalue weighted by Gasteiger charge is 2.26. The molecule has 1 fully saturated rings. The van der Waals surface area contributed by atoms with E-state index in [2.05, 4.69) is 20.3 Å². The molecule has 21 heavy (non-hydrogen) atoms. The van der Waals surface area contributed by atoms with Crippen molar-refractivity contribution in [1.82, 2.24) is 20.3 Å². The van der Waals surface area contributed by atoms with Crippen LogP contribution in [0.2, 0.25) is 0 Å². The van der Waals surface area contributed by atoms with Crippen molar-refractivity contribution in [2.75, 3.05) is 0 Å². The second-order valence-corrected chi connectivity index (χ2v) is 6.16. The third-order valence-electron chi connectivity index (χ3n) is 3.61. The number of H-pyrrole nitrogens is 1. The molecule has 0 radical (unpaired) electrons. The van der Waals surface area contributed by atoms with Crippen molar-refractivity contribution in [2.45, 2.75) is 25.3 Å². The molecule has 6 heteroatoms. The Kier molecular flexibility index (Phi) is 2.96. The maximum Gasteiger partial charge on any atom is 0.251 e. The van der Waals surface area contributed by atoms with E-state index in [1.54, 1.807) is 23.7 Å². The molecule has 1 saturated carbocycles. The van der Waals surface area contributed by atoms with Crippen molar-refractivity contribution in [2.24, 2.45) is 0 Å². The second-order valence-electron chi connectivity index (χ2n) is 5.27. The van der Waals surface area contributed by atoms with Crippen molar-refractivity contribution in [1.29, 1.82) is 0 Å². The largest absolute Gasteiger partial charge is 0.346 e. The van der Waals surface area contributed by atoms with Gasteiger partial charge in [-0.1, -0.05) is 0 Å². The molecule has 0 aliphatic heterocycles. The first kappa shape index (κ1) is 12.5. The first-order valence-electron chi connectivity index (χ1n) is 6.95. The van der Waals surface area contributed by atoms with Crippen molar-refractivity contribution in [3.63, 3.8) is 0 Å². The van der Waals surface area contributed by atoms with E-state index in [0.717, 1.165) is 16.7 Å². The lowest BCUT2D eigenvalue weighted by molar-refractivity contribution is 0.0950. The number of imidazole rings is 1. The van der Waals surface area contributed by atoms with Gasteiger partial charge in [-0.25, -0.2) is 9.97 Å². The maximum absolute atomic E-state index is 12.2. The van der Waals surface area contributed by atoms with E-state index in [-0.39, 0.29) is 5.91 Å². The smallest absolute Gasteiger partial charge is 0.251 e. The molecule has 2 aromatic heterocycles. The van der Waals surface area contributed by atoms with Crippen LogP contribution < -0.4 is 5.32 Å². The van der Waals surface area contributed by atoms with E-state index in [4.69, 9.17) is 0 Å². The number of fused-ring (bicyclic) bond motifs is 1. The molecule has 1 aromatic carbocycles. The van der Waals surface area contributed by atoms with Crippen LogP contribution in [-0.2, 0) is 6.54 Å². The Labute approximate surface area is 125 Å². The van der Waals surface area contributed by atoms with E-state index < -0.39 is 0 Å². The summed E-state index contributed by atoms with van der Waals surface area (Å²) >= 11 is 1.69. The van der Waals surface area contributed by atoms with Gasteiger partial charge in [-0.15, -0.1) is 11.3 Å². The fourth-order valence-electron chi connectivity index (χ4n) is 2.27. The lowest BCUT2D eigenvalue weighted by Gasteiger charge is -2.03. The fourth-order valence-corrected chi connectivity index (χ4v) is 3.26. The van der Waals surface area contributed by atoms with Crippen molar-refractivity contribution >= 4 is 28.3 Å². The third-order valence-corrected chi connectivity index (χ3v) is 4.66. The predicted octanol–water partition coefficient (Wildman–Crippen LogP) is 2.83. The van der Waals surface area contributed by atoms with E-state index >= 15 is 0 Å². The maximum atomic E-state index is 12.2. The number of nitrogens with one attached hydrogen (secondary N) is 2. The molecule has 106 valence electrons. The highest BCUT2D eigenvalue weighted by Crippen LogP contribution is 2.41. The Bertz CT molecular complexity index is 803. The number of aromatic nitrogens is 3. The number of hydrogen-bond acceptors (Lipinski definition) is 4. The Morgan fingerprint density at radius 1 is 1.43 bits per heavy atom. The number of amides is 1. The highest BCUT2D eigenvalue weighted by molar-refractivity contribution is 7.09. The van der Waals surface area contributed by atoms with Crippen LogP contribution in [0.15, 0.2) is 29.9 Å². The van der Waals surface area contributed by atoms with Gasteiger partial charge >= 0.3 is 0 Å². The van der Waals surface area contributed by atoms with Crippen molar-refractivity contribution in [3.05, 3.63) is 46.2 Å². The van der Waals surface area contributed by atoms with Crippen LogP contribution in [-0.4, -0.2) is 20.9 Å². The van der Waals surface area contributed by atoms with E-state index in [1.165, 1.54) is 17.8 Å². The van der Waals surface area contributed by atoms with Gasteiger partial charge in [0.2, 0.25) is 0 Å². The molecule has 1 aliphatic carbocycles. The third kappa shape index (κ3) is 2.54. The van der Waals surface area contributed by atoms with Crippen LogP contribution in [0.1, 0.15) is 39.8 Å². The molecule has 2 N–H and O–H groups in total. The molecule has 3 aromatic rings. The molecule has 0 saturated heterocycles. The highest BCUT2D eigenvalue weighted by atomic mass is 32.1. The summed E-state index contributed by atoms with van der Waals surface area (Å²) in [6.45, 7) is 0.475. The molecular formula is C15H14N4OS. The molecule has 2 heterocycles. The van der Waals surface area contributed by atoms with Gasteiger partial charge in [-0.2, -0.15) is 0 Å². The summed E-state index contributed by atoms with van der Waals surface area (Å²) in [7, 11) is 0. The van der Waals surface area contributed by atoms with E-state index in [0.29, 0.717) is 18.0 Å². The van der Waals surface area contributed by atoms with E-state index in [9.17, 15) is 4.79 Å². The lowest BCUT2D eigenvalue weighted by atomic mass is 10.2. The summed E-state index contributed by atoms with van der Waals surface area (Å²) in [5.74, 6) is 0.578. The van der Waals surface area contributed by atoms with Crippen LogP contribution in [0, 0.1) is 0 Å². The second kappa shape index (κ2) is 4.96. The van der Waals surface area contributed by atoms with Gasteiger partial charge in [0.1, 0.15) is 0 Å². The topological polar surface area (TPSA) is 70.7 Å². The Morgan fingerprint density at radius 2 is 2.33 bits per heavy atom. The monoisotopic (exact) mass is 298 g/mol. The molecule has 0 unspecified atom stereocenters. The molecule has 5 nitrogen and oxygen atoms in total. The van der Waals surface area contributed by atoms with Crippen LogP contribution >= 0.6 is 11.3 Å². The zero-order chi connectivity index (χ0) is 14.2. The predicted molar refractivity (Wildman–Crippen MR) is 81.4 cm³/mol. The van der Waals surface area contributed by atoms with Gasteiger partial charge < -0.3 is 10.3 Å². The first-order chi connectivity index (χ1) is 10.3. The van der Waals surface area contributed by atoms with Gasteiger partial charge in [-0.05, 0) is 31.0 Å². The van der Waals surface area contributed by atoms with Gasteiger partial charge in [-0.3, -0.25) is 4.79 Å². The summed E-state index contributed by atoms with van der Waals surface area (Å²) < 4.78 is 0. The molecule has 0 spiro atoms. The van der Waals surface area contributed by atoms with E-state index in [1.807, 2.05) is 17.5 Å². The zero-order valence-corrected chi connectivity index (χ0v) is 12.1. The van der Waals surface area contributed by atoms with Crippen LogP contribution in [0.3, 0.4) is 0 Å². The number of benzene rings is 1. The number of carbonyl (C=O) groups excluding carboxylic acids is 1. The average Bonchev–Trinajstić information content (AvgIpc) is 3.07. The Hall–Kier alpha value is -2.21. The minimum Gasteiger partial charge on any atom is -0.346 e. The summed E-state index contributed by atoms with van der Waals surface area (Å²) in [4.78, 5) is 23.9. The molecule has 1 amide bonds. The summed E-state index contributed by atoms with van der Waals surface area (Å²) in [5, 5.41) is 6.16. The first-order valence-corrected chi connectivity index (χ1v) is 7.83. The van der Waals surface area contributed by atoms with Crippen molar-refractivity contribution in [3.8, 4) is 0 Å². The van der Waals surface area contributed by atoms with Gasteiger partial charge in [0.15, 0.2) is 0 Å². The van der Waals surface area contributed by atoms with Gasteiger partial charge in [0.25, 0.3) is 5.91 Å². The van der Waals surface area contributed by atoms with Crippen molar-refractivity contribution < 1.29 is 4.79 Å². The summed E-state index contributed by atoms with van der Waals surface area (Å²) in [5.41, 5.74) is 3.30. The molecular weight excluding hydrogens is 284 g/mol. The number of rotatable bonds is 4. The fraction of sp³-hybridized carbons (Fsp3) is 0.267. The zero-order valence-electron chi connectivity index (χ0n) is 11.3. The number of nitrogens with zero attached hydrogens (tertiary/aromatic N) is 2. The number of hydrogen-bond donors (Lipinski definition) is 2. The molecule has 4 rings (SSSR count). The number of carbonyl (C=O) groups is 1. The summed E-state index contributed by atoms with van der Waals surface area (Å²) in [6, 6.07) is 5.44.